The fraction of sp³-hybridized carbons (Fsp3) is 0.188. The van der Waals surface area contributed by atoms with E-state index >= 15 is 0 Å². The number of thiophene rings is 1. The Morgan fingerprint density at radius 2 is 1.92 bits per heavy atom. The number of esters is 1. The first-order valence-electron chi connectivity index (χ1n) is 6.93. The molecular weight excluding hydrogens is 340 g/mol. The lowest BCUT2D eigenvalue weighted by Crippen LogP contribution is -2.21. The van der Waals surface area contributed by atoms with Gasteiger partial charge in [0.05, 0.1) is 17.0 Å². The predicted octanol–water partition coefficient (Wildman–Crippen LogP) is 3.17. The normalized spacial score (nSPS) is 10.2. The van der Waals surface area contributed by atoms with E-state index in [1.807, 2.05) is 0 Å². The van der Waals surface area contributed by atoms with Crippen LogP contribution in [-0.4, -0.2) is 24.3 Å². The lowest BCUT2D eigenvalue weighted by molar-refractivity contribution is -0.147. The van der Waals surface area contributed by atoms with Crippen LogP contribution in [0.15, 0.2) is 35.7 Å². The second-order valence-electron chi connectivity index (χ2n) is 4.73. The van der Waals surface area contributed by atoms with Crippen LogP contribution in [0.2, 0.25) is 0 Å². The second-order valence-corrected chi connectivity index (χ2v) is 5.68. The summed E-state index contributed by atoms with van der Waals surface area (Å²) < 4.78 is 31.0. The largest absolute Gasteiger partial charge is 0.456 e. The monoisotopic (exact) mass is 353 g/mol. The van der Waals surface area contributed by atoms with Gasteiger partial charge in [-0.2, -0.15) is 0 Å². The molecule has 0 atom stereocenters. The molecule has 0 fully saturated rings. The number of anilines is 1. The summed E-state index contributed by atoms with van der Waals surface area (Å²) in [6, 6.07) is 5.98. The van der Waals surface area contributed by atoms with Crippen molar-refractivity contribution >= 4 is 34.7 Å². The van der Waals surface area contributed by atoms with Crippen LogP contribution in [0.3, 0.4) is 0 Å². The van der Waals surface area contributed by atoms with Crippen molar-refractivity contribution in [3.63, 3.8) is 0 Å². The van der Waals surface area contributed by atoms with Gasteiger partial charge in [-0.15, -0.1) is 11.3 Å². The van der Waals surface area contributed by atoms with Gasteiger partial charge < -0.3 is 10.1 Å². The minimum atomic E-state index is -0.808. The Hall–Kier alpha value is -2.61. The maximum Gasteiger partial charge on any atom is 0.306 e. The van der Waals surface area contributed by atoms with E-state index < -0.39 is 30.1 Å². The van der Waals surface area contributed by atoms with Gasteiger partial charge >= 0.3 is 5.97 Å². The zero-order chi connectivity index (χ0) is 17.5. The van der Waals surface area contributed by atoms with Gasteiger partial charge in [-0.05, 0) is 23.6 Å². The van der Waals surface area contributed by atoms with Crippen LogP contribution < -0.4 is 5.32 Å². The van der Waals surface area contributed by atoms with Crippen LogP contribution >= 0.6 is 11.3 Å². The van der Waals surface area contributed by atoms with Gasteiger partial charge in [-0.1, -0.05) is 6.07 Å². The van der Waals surface area contributed by atoms with Crippen LogP contribution in [0.25, 0.3) is 0 Å². The van der Waals surface area contributed by atoms with Gasteiger partial charge in [0, 0.05) is 12.5 Å². The average molecular weight is 353 g/mol. The first kappa shape index (κ1) is 17.7. The zero-order valence-electron chi connectivity index (χ0n) is 12.4. The van der Waals surface area contributed by atoms with Crippen molar-refractivity contribution in [2.24, 2.45) is 0 Å². The number of ketones is 1. The number of carbonyl (C=O) groups excluding carboxylic acids is 3. The predicted molar refractivity (Wildman–Crippen MR) is 83.8 cm³/mol. The van der Waals surface area contributed by atoms with Crippen molar-refractivity contribution in [3.05, 3.63) is 52.2 Å². The third-order valence-electron chi connectivity index (χ3n) is 2.92. The smallest absolute Gasteiger partial charge is 0.306 e. The van der Waals surface area contributed by atoms with E-state index in [2.05, 4.69) is 5.32 Å². The third-order valence-corrected chi connectivity index (χ3v) is 3.83. The van der Waals surface area contributed by atoms with E-state index in [0.29, 0.717) is 4.88 Å². The Morgan fingerprint density at radius 1 is 1.12 bits per heavy atom. The van der Waals surface area contributed by atoms with Crippen molar-refractivity contribution in [3.8, 4) is 0 Å². The molecule has 5 nitrogen and oxygen atoms in total. The Balaban J connectivity index is 1.74. The highest BCUT2D eigenvalue weighted by Crippen LogP contribution is 2.15. The lowest BCUT2D eigenvalue weighted by Gasteiger charge is -2.07. The molecule has 0 aliphatic carbocycles. The molecule has 24 heavy (non-hydrogen) atoms. The topological polar surface area (TPSA) is 72.5 Å². The number of benzene rings is 1. The minimum Gasteiger partial charge on any atom is -0.456 e. The molecule has 2 rings (SSSR count). The molecule has 0 saturated carbocycles. The van der Waals surface area contributed by atoms with Crippen molar-refractivity contribution in [1.82, 2.24) is 0 Å². The van der Waals surface area contributed by atoms with Crippen LogP contribution in [0, 0.1) is 11.6 Å². The standard InChI is InChI=1S/C16H13F2NO4S/c17-10-3-4-11(18)12(8-10)19-15(21)9-23-16(22)6-5-13(20)14-2-1-7-24-14/h1-4,7-8H,5-6,9H2,(H,19,21). The summed E-state index contributed by atoms with van der Waals surface area (Å²) in [6.07, 6.45) is -0.197. The number of Topliss-reactive ketones (excluding diaryl/α,β-unsaturated/α-hetero) is 1. The number of hydrogen-bond donors (Lipinski definition) is 1. The number of halogens is 2. The highest BCUT2D eigenvalue weighted by molar-refractivity contribution is 7.12. The Bertz CT molecular complexity index is 747. The molecule has 0 bridgehead atoms. The Morgan fingerprint density at radius 3 is 2.62 bits per heavy atom. The summed E-state index contributed by atoms with van der Waals surface area (Å²) in [4.78, 5) is 35.3. The number of amides is 1. The van der Waals surface area contributed by atoms with Crippen molar-refractivity contribution in [2.45, 2.75) is 12.8 Å². The molecule has 0 radical (unpaired) electrons. The van der Waals surface area contributed by atoms with Gasteiger partial charge in [0.15, 0.2) is 12.4 Å². The Kier molecular flexibility index (Phi) is 6.14. The maximum atomic E-state index is 13.3. The van der Waals surface area contributed by atoms with Gasteiger partial charge in [-0.3, -0.25) is 14.4 Å². The fourth-order valence-electron chi connectivity index (χ4n) is 1.77. The van der Waals surface area contributed by atoms with E-state index in [4.69, 9.17) is 4.74 Å². The number of hydrogen-bond acceptors (Lipinski definition) is 5. The van der Waals surface area contributed by atoms with Crippen LogP contribution in [0.5, 0.6) is 0 Å². The SMILES string of the molecule is O=C(COC(=O)CCC(=O)c1cccs1)Nc1cc(F)ccc1F. The summed E-state index contributed by atoms with van der Waals surface area (Å²) in [7, 11) is 0. The zero-order valence-corrected chi connectivity index (χ0v) is 13.2. The van der Waals surface area contributed by atoms with E-state index in [1.165, 1.54) is 11.3 Å². The quantitative estimate of drug-likeness (QED) is 0.613. The van der Waals surface area contributed by atoms with Gasteiger partial charge in [0.2, 0.25) is 0 Å². The van der Waals surface area contributed by atoms with E-state index in [1.54, 1.807) is 17.5 Å². The van der Waals surface area contributed by atoms with Crippen molar-refractivity contribution in [1.29, 1.82) is 0 Å². The fourth-order valence-corrected chi connectivity index (χ4v) is 2.47. The molecule has 1 aromatic heterocycles. The number of carbonyl (C=O) groups is 3. The van der Waals surface area contributed by atoms with E-state index in [-0.39, 0.29) is 24.3 Å². The molecule has 0 aliphatic rings. The first-order chi connectivity index (χ1) is 11.5. The van der Waals surface area contributed by atoms with Crippen LogP contribution in [0.1, 0.15) is 22.5 Å². The van der Waals surface area contributed by atoms with E-state index in [0.717, 1.165) is 18.2 Å². The molecule has 0 saturated heterocycles. The molecule has 8 heteroatoms. The second kappa shape index (κ2) is 8.30. The molecule has 2 aromatic rings. The minimum absolute atomic E-state index is 0.0283. The van der Waals surface area contributed by atoms with Gasteiger partial charge in [0.25, 0.3) is 5.91 Å². The molecular formula is C16H13F2NO4S. The highest BCUT2D eigenvalue weighted by atomic mass is 32.1. The molecule has 1 heterocycles. The van der Waals surface area contributed by atoms with E-state index in [9.17, 15) is 23.2 Å². The molecule has 1 N–H and O–H groups in total. The first-order valence-corrected chi connectivity index (χ1v) is 7.81. The number of nitrogens with one attached hydrogen (secondary N) is 1. The molecule has 0 aliphatic heterocycles. The maximum absolute atomic E-state index is 13.3. The van der Waals surface area contributed by atoms with Gasteiger partial charge in [0.1, 0.15) is 11.6 Å². The van der Waals surface area contributed by atoms with Gasteiger partial charge in [-0.25, -0.2) is 8.78 Å². The Labute approximate surface area is 140 Å². The summed E-state index contributed by atoms with van der Waals surface area (Å²) in [5, 5.41) is 3.85. The third kappa shape index (κ3) is 5.24. The summed E-state index contributed by atoms with van der Waals surface area (Å²) in [6.45, 7) is -0.651. The van der Waals surface area contributed by atoms with Crippen LogP contribution in [-0.2, 0) is 14.3 Å². The average Bonchev–Trinajstić information content (AvgIpc) is 3.08. The summed E-state index contributed by atoms with van der Waals surface area (Å²) in [5.41, 5.74) is -0.344. The lowest BCUT2D eigenvalue weighted by atomic mass is 10.2. The molecule has 1 amide bonds. The summed E-state index contributed by atoms with van der Waals surface area (Å²) >= 11 is 1.27. The molecule has 126 valence electrons. The highest BCUT2D eigenvalue weighted by Gasteiger charge is 2.13. The van der Waals surface area contributed by atoms with Crippen molar-refractivity contribution in [2.75, 3.05) is 11.9 Å². The number of ether oxygens (including phenoxy) is 1. The van der Waals surface area contributed by atoms with Crippen LogP contribution in [0.4, 0.5) is 14.5 Å². The number of rotatable bonds is 7. The molecule has 1 aromatic carbocycles. The summed E-state index contributed by atoms with van der Waals surface area (Å²) in [5.74, 6) is -3.24. The molecule has 0 unspecified atom stereocenters. The molecule has 0 spiro atoms. The van der Waals surface area contributed by atoms with Crippen molar-refractivity contribution < 1.29 is 27.9 Å².